The van der Waals surface area contributed by atoms with E-state index in [-0.39, 0.29) is 11.7 Å². The standard InChI is InChI=1S/C24H32N4O4S/c1-4-27(5-2)33(31,32)28-17-15-26(16-18-28)19(3)24(30)25-22-14-10-9-13-21(22)23(29)20-11-7-6-8-12-20/h6-14,19H,4-5,15-18H2,1-3H3,(H,25,30). The Hall–Kier alpha value is -2.59. The van der Waals surface area contributed by atoms with Gasteiger partial charge in [0.1, 0.15) is 0 Å². The zero-order valence-corrected chi connectivity index (χ0v) is 20.2. The molecule has 1 heterocycles. The van der Waals surface area contributed by atoms with Crippen LogP contribution in [0.2, 0.25) is 0 Å². The van der Waals surface area contributed by atoms with Crippen LogP contribution in [0, 0.1) is 0 Å². The topological polar surface area (TPSA) is 90.0 Å². The first-order chi connectivity index (χ1) is 15.8. The van der Waals surface area contributed by atoms with Crippen LogP contribution >= 0.6 is 0 Å². The first kappa shape index (κ1) is 25.0. The predicted octanol–water partition coefficient (Wildman–Crippen LogP) is 2.45. The van der Waals surface area contributed by atoms with Gasteiger partial charge >= 0.3 is 0 Å². The molecule has 1 atom stereocenters. The van der Waals surface area contributed by atoms with Gasteiger partial charge in [0.25, 0.3) is 10.2 Å². The van der Waals surface area contributed by atoms with Crippen LogP contribution in [0.25, 0.3) is 0 Å². The SMILES string of the molecule is CCN(CC)S(=O)(=O)N1CCN(C(C)C(=O)Nc2ccccc2C(=O)c2ccccc2)CC1. The highest BCUT2D eigenvalue weighted by Crippen LogP contribution is 2.21. The summed E-state index contributed by atoms with van der Waals surface area (Å²) in [5.41, 5.74) is 1.45. The Kier molecular flexibility index (Phi) is 8.36. The number of hydrogen-bond acceptors (Lipinski definition) is 5. The van der Waals surface area contributed by atoms with Crippen molar-refractivity contribution in [1.82, 2.24) is 13.5 Å². The second kappa shape index (κ2) is 11.0. The smallest absolute Gasteiger partial charge is 0.282 e. The molecular formula is C24H32N4O4S. The minimum absolute atomic E-state index is 0.158. The highest BCUT2D eigenvalue weighted by atomic mass is 32.2. The summed E-state index contributed by atoms with van der Waals surface area (Å²) >= 11 is 0. The molecule has 1 fully saturated rings. The molecule has 178 valence electrons. The van der Waals surface area contributed by atoms with E-state index in [2.05, 4.69) is 5.32 Å². The first-order valence-corrected chi connectivity index (χ1v) is 12.7. The van der Waals surface area contributed by atoms with Crippen molar-refractivity contribution in [3.05, 3.63) is 65.7 Å². The third kappa shape index (κ3) is 5.67. The van der Waals surface area contributed by atoms with E-state index >= 15 is 0 Å². The van der Waals surface area contributed by atoms with Gasteiger partial charge in [0, 0.05) is 50.4 Å². The fraction of sp³-hybridized carbons (Fsp3) is 0.417. The zero-order valence-electron chi connectivity index (χ0n) is 19.4. The lowest BCUT2D eigenvalue weighted by atomic mass is 10.0. The molecule has 1 unspecified atom stereocenters. The predicted molar refractivity (Wildman–Crippen MR) is 129 cm³/mol. The van der Waals surface area contributed by atoms with E-state index in [1.54, 1.807) is 55.5 Å². The molecule has 33 heavy (non-hydrogen) atoms. The average Bonchev–Trinajstić information content (AvgIpc) is 2.84. The molecule has 0 saturated carbocycles. The van der Waals surface area contributed by atoms with E-state index in [1.807, 2.05) is 24.8 Å². The molecule has 9 heteroatoms. The summed E-state index contributed by atoms with van der Waals surface area (Å²) in [6.07, 6.45) is 0. The molecule has 1 aliphatic rings. The van der Waals surface area contributed by atoms with Crippen LogP contribution in [0.5, 0.6) is 0 Å². The second-order valence-corrected chi connectivity index (χ2v) is 9.86. The Labute approximate surface area is 196 Å². The zero-order chi connectivity index (χ0) is 24.0. The number of ketones is 1. The molecule has 1 N–H and O–H groups in total. The number of nitrogens with one attached hydrogen (secondary N) is 1. The summed E-state index contributed by atoms with van der Waals surface area (Å²) in [7, 11) is -3.48. The van der Waals surface area contributed by atoms with Gasteiger partial charge in [-0.15, -0.1) is 0 Å². The molecule has 0 spiro atoms. The number of hydrogen-bond donors (Lipinski definition) is 1. The largest absolute Gasteiger partial charge is 0.324 e. The summed E-state index contributed by atoms with van der Waals surface area (Å²) in [5.74, 6) is -0.391. The van der Waals surface area contributed by atoms with Gasteiger partial charge in [0.2, 0.25) is 5.91 Å². The fourth-order valence-corrected chi connectivity index (χ4v) is 5.58. The highest BCUT2D eigenvalue weighted by molar-refractivity contribution is 7.86. The van der Waals surface area contributed by atoms with Gasteiger partial charge in [0.05, 0.1) is 11.7 Å². The molecule has 1 amide bonds. The number of carbonyl (C=O) groups excluding carboxylic acids is 2. The Balaban J connectivity index is 1.65. The van der Waals surface area contributed by atoms with Gasteiger partial charge in [-0.3, -0.25) is 14.5 Å². The average molecular weight is 473 g/mol. The van der Waals surface area contributed by atoms with Crippen LogP contribution in [0.3, 0.4) is 0 Å². The Morgan fingerprint density at radius 1 is 0.939 bits per heavy atom. The quantitative estimate of drug-likeness (QED) is 0.566. The van der Waals surface area contributed by atoms with E-state index in [9.17, 15) is 18.0 Å². The molecule has 0 aliphatic carbocycles. The minimum atomic E-state index is -3.48. The van der Waals surface area contributed by atoms with Crippen molar-refractivity contribution in [2.24, 2.45) is 0 Å². The van der Waals surface area contributed by atoms with E-state index in [4.69, 9.17) is 0 Å². The number of benzene rings is 2. The van der Waals surface area contributed by atoms with E-state index in [1.165, 1.54) is 8.61 Å². The molecule has 0 bridgehead atoms. The summed E-state index contributed by atoms with van der Waals surface area (Å²) in [4.78, 5) is 27.9. The molecule has 3 rings (SSSR count). The van der Waals surface area contributed by atoms with Crippen LogP contribution in [0.15, 0.2) is 54.6 Å². The normalized spacial score (nSPS) is 16.5. The van der Waals surface area contributed by atoms with Crippen molar-refractivity contribution in [2.45, 2.75) is 26.8 Å². The Morgan fingerprint density at radius 2 is 1.52 bits per heavy atom. The Morgan fingerprint density at radius 3 is 2.12 bits per heavy atom. The summed E-state index contributed by atoms with van der Waals surface area (Å²) in [6.45, 7) is 7.88. The van der Waals surface area contributed by atoms with Crippen LogP contribution < -0.4 is 5.32 Å². The summed E-state index contributed by atoms with van der Waals surface area (Å²) in [5, 5.41) is 2.89. The first-order valence-electron chi connectivity index (χ1n) is 11.3. The van der Waals surface area contributed by atoms with Crippen molar-refractivity contribution in [2.75, 3.05) is 44.6 Å². The van der Waals surface area contributed by atoms with Crippen molar-refractivity contribution < 1.29 is 18.0 Å². The maximum Gasteiger partial charge on any atom is 0.282 e. The van der Waals surface area contributed by atoms with Crippen molar-refractivity contribution in [3.8, 4) is 0 Å². The number of rotatable bonds is 9. The fourth-order valence-electron chi connectivity index (χ4n) is 3.97. The molecule has 1 aliphatic heterocycles. The summed E-state index contributed by atoms with van der Waals surface area (Å²) < 4.78 is 28.4. The maximum atomic E-state index is 13.0. The van der Waals surface area contributed by atoms with Crippen molar-refractivity contribution in [1.29, 1.82) is 0 Å². The summed E-state index contributed by atoms with van der Waals surface area (Å²) in [6, 6.07) is 15.4. The molecule has 8 nitrogen and oxygen atoms in total. The van der Waals surface area contributed by atoms with Crippen LogP contribution in [-0.2, 0) is 15.0 Å². The number of amides is 1. The van der Waals surface area contributed by atoms with Gasteiger partial charge in [-0.1, -0.05) is 56.3 Å². The van der Waals surface area contributed by atoms with Gasteiger partial charge in [-0.25, -0.2) is 0 Å². The van der Waals surface area contributed by atoms with Gasteiger partial charge in [-0.2, -0.15) is 17.0 Å². The van der Waals surface area contributed by atoms with E-state index in [0.717, 1.165) is 0 Å². The van der Waals surface area contributed by atoms with Crippen LogP contribution in [0.4, 0.5) is 5.69 Å². The van der Waals surface area contributed by atoms with Gasteiger partial charge in [0.15, 0.2) is 5.78 Å². The monoisotopic (exact) mass is 472 g/mol. The number of nitrogens with zero attached hydrogens (tertiary/aromatic N) is 3. The maximum absolute atomic E-state index is 13.0. The molecule has 2 aromatic rings. The number of carbonyl (C=O) groups is 2. The lowest BCUT2D eigenvalue weighted by Crippen LogP contribution is -2.56. The number of piperazine rings is 1. The third-order valence-electron chi connectivity index (χ3n) is 6.02. The lowest BCUT2D eigenvalue weighted by molar-refractivity contribution is -0.121. The van der Waals surface area contributed by atoms with Gasteiger partial charge in [-0.05, 0) is 19.1 Å². The number of para-hydroxylation sites is 1. The van der Waals surface area contributed by atoms with Crippen LogP contribution in [0.1, 0.15) is 36.7 Å². The Bertz CT molecular complexity index is 1060. The minimum Gasteiger partial charge on any atom is -0.324 e. The number of anilines is 1. The van der Waals surface area contributed by atoms with E-state index < -0.39 is 16.3 Å². The van der Waals surface area contributed by atoms with E-state index in [0.29, 0.717) is 56.1 Å². The molecule has 0 radical (unpaired) electrons. The van der Waals surface area contributed by atoms with Crippen molar-refractivity contribution in [3.63, 3.8) is 0 Å². The highest BCUT2D eigenvalue weighted by Gasteiger charge is 2.33. The van der Waals surface area contributed by atoms with Crippen LogP contribution in [-0.4, -0.2) is 78.9 Å². The third-order valence-corrected chi connectivity index (χ3v) is 8.21. The molecule has 0 aromatic heterocycles. The molecule has 1 saturated heterocycles. The molecule has 2 aromatic carbocycles. The van der Waals surface area contributed by atoms with Crippen molar-refractivity contribution >= 4 is 27.6 Å². The second-order valence-electron chi connectivity index (χ2n) is 7.93. The van der Waals surface area contributed by atoms with Gasteiger partial charge < -0.3 is 5.32 Å². The lowest BCUT2D eigenvalue weighted by Gasteiger charge is -2.38. The molecular weight excluding hydrogens is 440 g/mol.